The van der Waals surface area contributed by atoms with Crippen LogP contribution in [0.5, 0.6) is 0 Å². The van der Waals surface area contributed by atoms with Crippen molar-refractivity contribution < 1.29 is 0 Å². The summed E-state index contributed by atoms with van der Waals surface area (Å²) in [5.41, 5.74) is 14.0. The van der Waals surface area contributed by atoms with Crippen molar-refractivity contribution in [3.8, 4) is 44.2 Å². The number of hydrogen-bond donors (Lipinski definition) is 0. The summed E-state index contributed by atoms with van der Waals surface area (Å²) in [7, 11) is 0. The molecule has 0 aliphatic rings. The van der Waals surface area contributed by atoms with Crippen molar-refractivity contribution in [2.45, 2.75) is 0 Å². The monoisotopic (exact) mass is 693 g/mol. The maximum absolute atomic E-state index is 5.03. The van der Waals surface area contributed by atoms with E-state index in [0.717, 1.165) is 33.0 Å². The second-order valence-corrected chi connectivity index (χ2v) is 14.7. The molecule has 0 atom stereocenters. The fourth-order valence-electron chi connectivity index (χ4n) is 8.06. The molecule has 4 heteroatoms. The number of hydrogen-bond acceptors (Lipinski definition) is 2. The summed E-state index contributed by atoms with van der Waals surface area (Å²) in [4.78, 5) is 5.03. The number of aromatic nitrogens is 3. The van der Waals surface area contributed by atoms with E-state index in [4.69, 9.17) is 4.98 Å². The highest BCUT2D eigenvalue weighted by Gasteiger charge is 2.19. The topological polar surface area (TPSA) is 22.8 Å². The molecule has 0 spiro atoms. The van der Waals surface area contributed by atoms with Crippen LogP contribution in [0.3, 0.4) is 0 Å². The lowest BCUT2D eigenvalue weighted by Gasteiger charge is -2.12. The average molecular weight is 694 g/mol. The Morgan fingerprint density at radius 1 is 0.340 bits per heavy atom. The molecule has 0 N–H and O–H groups in total. The molecule has 3 nitrogen and oxygen atoms in total. The number of nitrogens with zero attached hydrogens (tertiary/aromatic N) is 3. The molecule has 0 fully saturated rings. The highest BCUT2D eigenvalue weighted by molar-refractivity contribution is 7.21. The fraction of sp³-hybridized carbons (Fsp3) is 0. The fourth-order valence-corrected chi connectivity index (χ4v) is 9.01. The minimum atomic E-state index is 1.03. The predicted octanol–water partition coefficient (Wildman–Crippen LogP) is 13.5. The highest BCUT2D eigenvalue weighted by Crippen LogP contribution is 2.40. The second kappa shape index (κ2) is 11.9. The smallest absolute Gasteiger partial charge is 0.124 e. The van der Waals surface area contributed by atoms with Gasteiger partial charge in [0.2, 0.25) is 0 Å². The summed E-state index contributed by atoms with van der Waals surface area (Å²) in [5.74, 6) is 0. The third-order valence-electron chi connectivity index (χ3n) is 10.5. The molecule has 0 saturated heterocycles. The van der Waals surface area contributed by atoms with Crippen LogP contribution in [0.4, 0.5) is 0 Å². The number of para-hydroxylation sites is 2. The van der Waals surface area contributed by atoms with Gasteiger partial charge in [0.1, 0.15) is 5.01 Å². The lowest BCUT2D eigenvalue weighted by Crippen LogP contribution is -1.96. The molecule has 11 aromatic rings. The second-order valence-electron chi connectivity index (χ2n) is 13.6. The van der Waals surface area contributed by atoms with Crippen molar-refractivity contribution in [3.05, 3.63) is 188 Å². The molecule has 53 heavy (non-hydrogen) atoms. The molecule has 248 valence electrons. The van der Waals surface area contributed by atoms with Gasteiger partial charge in [-0.3, -0.25) is 0 Å². The molecular formula is C49H31N3S. The molecule has 0 radical (unpaired) electrons. The van der Waals surface area contributed by atoms with Crippen LogP contribution in [0.15, 0.2) is 188 Å². The first-order chi connectivity index (χ1) is 26.3. The Bertz CT molecular complexity index is 3150. The van der Waals surface area contributed by atoms with Crippen molar-refractivity contribution in [2.24, 2.45) is 0 Å². The first kappa shape index (κ1) is 29.9. The van der Waals surface area contributed by atoms with Crippen LogP contribution in [0.1, 0.15) is 0 Å². The van der Waals surface area contributed by atoms with E-state index in [0.29, 0.717) is 0 Å². The van der Waals surface area contributed by atoms with Crippen LogP contribution < -0.4 is 0 Å². The van der Waals surface area contributed by atoms with Gasteiger partial charge in [0.05, 0.1) is 32.3 Å². The van der Waals surface area contributed by atoms with E-state index < -0.39 is 0 Å². The maximum atomic E-state index is 5.03. The average Bonchev–Trinajstić information content (AvgIpc) is 3.90. The number of benzene rings is 8. The van der Waals surface area contributed by atoms with Gasteiger partial charge in [-0.15, -0.1) is 11.3 Å². The first-order valence-corrected chi connectivity index (χ1v) is 18.8. The van der Waals surface area contributed by atoms with Crippen LogP contribution in [0.2, 0.25) is 0 Å². The Kier molecular flexibility index (Phi) is 6.73. The Balaban J connectivity index is 1.09. The van der Waals surface area contributed by atoms with E-state index in [1.807, 2.05) is 6.07 Å². The van der Waals surface area contributed by atoms with Crippen molar-refractivity contribution in [2.75, 3.05) is 0 Å². The van der Waals surface area contributed by atoms with Crippen LogP contribution in [-0.2, 0) is 0 Å². The van der Waals surface area contributed by atoms with Gasteiger partial charge in [-0.25, -0.2) is 4.98 Å². The van der Waals surface area contributed by atoms with Crippen LogP contribution >= 0.6 is 11.3 Å². The third-order valence-corrected chi connectivity index (χ3v) is 11.6. The van der Waals surface area contributed by atoms with E-state index in [2.05, 4.69) is 191 Å². The molecule has 0 unspecified atom stereocenters. The zero-order chi connectivity index (χ0) is 34.9. The summed E-state index contributed by atoms with van der Waals surface area (Å²) in [6.45, 7) is 0. The lowest BCUT2D eigenvalue weighted by molar-refractivity contribution is 1.16. The molecular weight excluding hydrogens is 663 g/mol. The number of rotatable bonds is 5. The molecule has 0 bridgehead atoms. The first-order valence-electron chi connectivity index (χ1n) is 18.0. The number of fused-ring (bicyclic) bond motifs is 7. The van der Waals surface area contributed by atoms with Gasteiger partial charge in [-0.1, -0.05) is 127 Å². The van der Waals surface area contributed by atoms with Crippen molar-refractivity contribution >= 4 is 65.2 Å². The van der Waals surface area contributed by atoms with E-state index in [1.54, 1.807) is 11.3 Å². The molecule has 8 aromatic carbocycles. The van der Waals surface area contributed by atoms with Gasteiger partial charge < -0.3 is 9.13 Å². The van der Waals surface area contributed by atoms with Gasteiger partial charge in [0, 0.05) is 38.5 Å². The van der Waals surface area contributed by atoms with Crippen LogP contribution in [0.25, 0.3) is 98.0 Å². The summed E-state index contributed by atoms with van der Waals surface area (Å²) in [6, 6.07) is 68.0. The van der Waals surface area contributed by atoms with Gasteiger partial charge in [-0.05, 0) is 82.9 Å². The molecule has 0 aliphatic heterocycles. The molecule has 11 rings (SSSR count). The summed E-state index contributed by atoms with van der Waals surface area (Å²) in [5, 5.41) is 6.05. The van der Waals surface area contributed by atoms with Gasteiger partial charge in [-0.2, -0.15) is 0 Å². The molecule has 0 saturated carbocycles. The van der Waals surface area contributed by atoms with Crippen molar-refractivity contribution in [3.63, 3.8) is 0 Å². The Labute approximate surface area is 310 Å². The highest BCUT2D eigenvalue weighted by atomic mass is 32.1. The molecule has 3 heterocycles. The quantitative estimate of drug-likeness (QED) is 0.176. The normalized spacial score (nSPS) is 11.8. The Hall–Kier alpha value is -6.75. The van der Waals surface area contributed by atoms with Gasteiger partial charge in [0.15, 0.2) is 0 Å². The van der Waals surface area contributed by atoms with Crippen LogP contribution in [-0.4, -0.2) is 14.1 Å². The minimum Gasteiger partial charge on any atom is -0.309 e. The summed E-state index contributed by atoms with van der Waals surface area (Å²) in [6.07, 6.45) is 0. The molecule has 0 amide bonds. The molecule has 3 aromatic heterocycles. The zero-order valence-corrected chi connectivity index (χ0v) is 29.5. The standard InChI is InChI=1S/C49H31N3S/c1-3-12-32(13-4-1)33-22-25-37(26-23-33)51-44-20-9-7-18-39(44)41-30-42-40-19-8-10-21-45(40)52(47(42)31-46(41)51)38-17-11-16-35(28-38)36-24-27-48-43(29-36)50-49(53-48)34-14-5-2-6-15-34/h1-31H. The zero-order valence-electron chi connectivity index (χ0n) is 28.6. The Morgan fingerprint density at radius 3 is 1.58 bits per heavy atom. The van der Waals surface area contributed by atoms with E-state index >= 15 is 0 Å². The summed E-state index contributed by atoms with van der Waals surface area (Å²) < 4.78 is 6.05. The van der Waals surface area contributed by atoms with Gasteiger partial charge in [0.25, 0.3) is 0 Å². The number of thiazole rings is 1. The largest absolute Gasteiger partial charge is 0.309 e. The van der Waals surface area contributed by atoms with Crippen LogP contribution in [0, 0.1) is 0 Å². The Morgan fingerprint density at radius 2 is 0.887 bits per heavy atom. The minimum absolute atomic E-state index is 1.03. The van der Waals surface area contributed by atoms with Crippen molar-refractivity contribution in [1.29, 1.82) is 0 Å². The third kappa shape index (κ3) is 4.84. The predicted molar refractivity (Wildman–Crippen MR) is 225 cm³/mol. The van der Waals surface area contributed by atoms with Gasteiger partial charge >= 0.3 is 0 Å². The van der Waals surface area contributed by atoms with E-state index in [1.165, 1.54) is 65.0 Å². The summed E-state index contributed by atoms with van der Waals surface area (Å²) >= 11 is 1.74. The lowest BCUT2D eigenvalue weighted by atomic mass is 10.0. The maximum Gasteiger partial charge on any atom is 0.124 e. The SMILES string of the molecule is c1ccc(-c2ccc(-n3c4ccccc4c4cc5c6ccccc6n(-c6cccc(-c7ccc8sc(-c9ccccc9)nc8c7)c6)c5cc43)cc2)cc1. The molecule has 0 aliphatic carbocycles. The van der Waals surface area contributed by atoms with E-state index in [-0.39, 0.29) is 0 Å². The van der Waals surface area contributed by atoms with Crippen molar-refractivity contribution in [1.82, 2.24) is 14.1 Å². The van der Waals surface area contributed by atoms with E-state index in [9.17, 15) is 0 Å².